The summed E-state index contributed by atoms with van der Waals surface area (Å²) in [5, 5.41) is 9.27. The van der Waals surface area contributed by atoms with E-state index in [0.717, 1.165) is 151 Å². The van der Waals surface area contributed by atoms with E-state index in [1.807, 2.05) is 6.07 Å². The quantitative estimate of drug-likeness (QED) is 0.103. The number of fused-ring (bicyclic) bond motifs is 12. The molecule has 0 aliphatic rings. The molecule has 0 unspecified atom stereocenters. The number of benzene rings is 18. The highest BCUT2D eigenvalue weighted by molar-refractivity contribution is 6.17. The molecule has 0 aliphatic carbocycles. The Morgan fingerprint density at radius 3 is 0.947 bits per heavy atom. The maximum Gasteiger partial charge on any atom is 0.159 e. The van der Waals surface area contributed by atoms with Gasteiger partial charge >= 0.3 is 0 Å². The summed E-state index contributed by atoms with van der Waals surface area (Å²) in [6, 6.07) is 153. The Bertz CT molecular complexity index is 7280. The molecule has 0 saturated heterocycles. The maximum atomic E-state index is 6.95. The summed E-state index contributed by atoms with van der Waals surface area (Å²) in [6.45, 7) is 0. The molecule has 0 fully saturated rings. The van der Waals surface area contributed by atoms with Gasteiger partial charge < -0.3 is 27.8 Å². The van der Waals surface area contributed by atoms with E-state index in [-0.39, 0.29) is 0 Å². The van der Waals surface area contributed by atoms with E-state index >= 15 is 0 Å². The number of hydrogen-bond acceptors (Lipinski definition) is 4. The first-order valence-corrected chi connectivity index (χ1v) is 38.9. The third-order valence-corrected chi connectivity index (χ3v) is 23.0. The van der Waals surface area contributed by atoms with Gasteiger partial charge in [-0.25, -0.2) is 0 Å². The zero-order valence-electron chi connectivity index (χ0n) is 62.0. The molecular weight excluding hydrogens is 1390 g/mol. The fourth-order valence-corrected chi connectivity index (χ4v) is 17.4. The third kappa shape index (κ3) is 11.3. The van der Waals surface area contributed by atoms with Crippen molar-refractivity contribution in [2.24, 2.45) is 0 Å². The van der Waals surface area contributed by atoms with E-state index in [1.54, 1.807) is 0 Å². The highest BCUT2D eigenvalue weighted by atomic mass is 16.3. The van der Waals surface area contributed by atoms with Gasteiger partial charge in [-0.1, -0.05) is 291 Å². The number of rotatable bonds is 15. The molecule has 0 aliphatic heterocycles. The van der Waals surface area contributed by atoms with Crippen molar-refractivity contribution >= 4 is 122 Å². The van der Waals surface area contributed by atoms with Gasteiger partial charge in [0, 0.05) is 88.5 Å². The lowest BCUT2D eigenvalue weighted by atomic mass is 9.95. The summed E-state index contributed by atoms with van der Waals surface area (Å²) in [4.78, 5) is 4.71. The van der Waals surface area contributed by atoms with Gasteiger partial charge in [0.05, 0.1) is 27.8 Å². The van der Waals surface area contributed by atoms with Crippen LogP contribution in [0.3, 0.4) is 0 Å². The summed E-state index contributed by atoms with van der Waals surface area (Å²) in [5.74, 6) is 0. The molecule has 22 rings (SSSR count). The van der Waals surface area contributed by atoms with Gasteiger partial charge in [-0.2, -0.15) is 0 Å². The van der Waals surface area contributed by atoms with Crippen LogP contribution in [-0.2, 0) is 0 Å². The third-order valence-electron chi connectivity index (χ3n) is 23.0. The number of nitrogens with zero attached hydrogens (tertiary/aromatic N) is 4. The standard InChI is InChI=1S/C108H70N4O2/c1-3-19-71(20-4-1)73-37-39-75(40-38-73)78-49-55-83(56-50-78)109(85-61-65-88(66-62-85)111-99-31-12-7-23-92(99)93-24-8-13-32-100(93)111)84-59-53-81(54-60-84)91-29-17-30-97-106-90(28-18-36-105(106)114-107(91)97)80-47-45-77(46-48-80)74-41-43-76(44-42-74)79-51-57-86(58-52-79)110(87-63-67-89(68-64-87)112-101-33-14-9-25-94(101)95-26-10-15-34-102(95)112)103-70-82(72-21-5-2-6-22-72)69-98-96-27-11-16-35-104(96)113-108(98)103/h1-70H. The average Bonchev–Trinajstić information content (AvgIpc) is 1.59. The van der Waals surface area contributed by atoms with Crippen molar-refractivity contribution in [2.45, 2.75) is 0 Å². The molecule has 0 radical (unpaired) electrons. The highest BCUT2D eigenvalue weighted by Crippen LogP contribution is 2.48. The second kappa shape index (κ2) is 27.4. The largest absolute Gasteiger partial charge is 0.455 e. The van der Waals surface area contributed by atoms with Gasteiger partial charge in [-0.15, -0.1) is 0 Å². The van der Waals surface area contributed by atoms with Crippen molar-refractivity contribution < 1.29 is 8.83 Å². The van der Waals surface area contributed by atoms with Gasteiger partial charge in [-0.05, 0) is 206 Å². The van der Waals surface area contributed by atoms with Crippen LogP contribution in [0.1, 0.15) is 0 Å². The molecule has 114 heavy (non-hydrogen) atoms. The van der Waals surface area contributed by atoms with Gasteiger partial charge in [0.25, 0.3) is 0 Å². The van der Waals surface area contributed by atoms with Crippen molar-refractivity contribution in [1.29, 1.82) is 0 Å². The summed E-state index contributed by atoms with van der Waals surface area (Å²) in [6.07, 6.45) is 0. The van der Waals surface area contributed by atoms with E-state index < -0.39 is 0 Å². The predicted molar refractivity (Wildman–Crippen MR) is 477 cm³/mol. The zero-order chi connectivity index (χ0) is 75.2. The minimum atomic E-state index is 0.829. The Morgan fingerprint density at radius 1 is 0.184 bits per heavy atom. The minimum Gasteiger partial charge on any atom is -0.455 e. The van der Waals surface area contributed by atoms with Gasteiger partial charge in [0.1, 0.15) is 16.7 Å². The minimum absolute atomic E-state index is 0.829. The molecular formula is C108H70N4O2. The van der Waals surface area contributed by atoms with Gasteiger partial charge in [0.2, 0.25) is 0 Å². The van der Waals surface area contributed by atoms with E-state index in [2.05, 4.69) is 438 Å². The van der Waals surface area contributed by atoms with Crippen LogP contribution in [0.5, 0.6) is 0 Å². The molecule has 6 heteroatoms. The van der Waals surface area contributed by atoms with E-state index in [4.69, 9.17) is 8.83 Å². The Morgan fingerprint density at radius 2 is 0.491 bits per heavy atom. The van der Waals surface area contributed by atoms with Gasteiger partial charge in [-0.3, -0.25) is 0 Å². The first-order valence-electron chi connectivity index (χ1n) is 38.9. The molecule has 4 aromatic heterocycles. The van der Waals surface area contributed by atoms with Crippen molar-refractivity contribution in [2.75, 3.05) is 9.80 Å². The predicted octanol–water partition coefficient (Wildman–Crippen LogP) is 30.3. The summed E-state index contributed by atoms with van der Waals surface area (Å²) < 4.78 is 18.6. The molecule has 0 bridgehead atoms. The van der Waals surface area contributed by atoms with Crippen LogP contribution >= 0.6 is 0 Å². The second-order valence-corrected chi connectivity index (χ2v) is 29.5. The summed E-state index contributed by atoms with van der Waals surface area (Å²) in [7, 11) is 0. The number of aromatic nitrogens is 2. The number of hydrogen-bond donors (Lipinski definition) is 0. The zero-order valence-corrected chi connectivity index (χ0v) is 62.0. The van der Waals surface area contributed by atoms with Crippen molar-refractivity contribution in [3.8, 4) is 89.3 Å². The first-order chi connectivity index (χ1) is 56.5. The van der Waals surface area contributed by atoms with E-state index in [1.165, 1.54) is 60.3 Å². The number of anilines is 6. The Labute approximate surface area is 659 Å². The number of furan rings is 2. The Kier molecular flexibility index (Phi) is 15.8. The number of para-hydroxylation sites is 6. The Hall–Kier alpha value is -15.2. The molecule has 0 atom stereocenters. The summed E-state index contributed by atoms with van der Waals surface area (Å²) in [5.41, 5.74) is 32.3. The van der Waals surface area contributed by atoms with Crippen LogP contribution in [0.25, 0.3) is 177 Å². The molecule has 4 heterocycles. The molecule has 0 N–H and O–H groups in total. The van der Waals surface area contributed by atoms with Crippen LogP contribution in [0.4, 0.5) is 34.1 Å². The second-order valence-electron chi connectivity index (χ2n) is 29.5. The van der Waals surface area contributed by atoms with E-state index in [0.29, 0.717) is 0 Å². The fourth-order valence-electron chi connectivity index (χ4n) is 17.4. The van der Waals surface area contributed by atoms with E-state index in [9.17, 15) is 0 Å². The lowest BCUT2D eigenvalue weighted by Gasteiger charge is -2.27. The monoisotopic (exact) mass is 1450 g/mol. The van der Waals surface area contributed by atoms with Crippen molar-refractivity contribution in [3.63, 3.8) is 0 Å². The van der Waals surface area contributed by atoms with Crippen molar-refractivity contribution in [3.05, 3.63) is 425 Å². The topological polar surface area (TPSA) is 42.6 Å². The molecule has 0 saturated carbocycles. The molecule has 0 spiro atoms. The van der Waals surface area contributed by atoms with Crippen LogP contribution in [0.15, 0.2) is 433 Å². The smallest absolute Gasteiger partial charge is 0.159 e. The molecule has 22 aromatic rings. The van der Waals surface area contributed by atoms with Crippen molar-refractivity contribution in [1.82, 2.24) is 9.13 Å². The molecule has 18 aromatic carbocycles. The average molecular weight is 1460 g/mol. The lowest BCUT2D eigenvalue weighted by molar-refractivity contribution is 0.669. The fraction of sp³-hybridized carbons (Fsp3) is 0. The van der Waals surface area contributed by atoms with Crippen LogP contribution < -0.4 is 9.80 Å². The SMILES string of the molecule is c1ccc(-c2ccc(-c3ccc(N(c4ccc(-c5cccc6c5oc5cccc(-c7ccc(-c8ccc(-c9ccc(N(c%10ccc(-n%11c%12ccccc%12c%12ccccc%12%11)cc%10)c%10cc(-c%11ccccc%11)cc%11c%10oc%10ccccc%10%11)cc9)cc8)cc7)c56)cc4)c4ccc(-n5c6ccccc6c6ccccc65)cc4)cc3)cc2)cc1. The van der Waals surface area contributed by atoms with Crippen LogP contribution in [0.2, 0.25) is 0 Å². The Balaban J connectivity index is 0.555. The first kappa shape index (κ1) is 65.8. The highest BCUT2D eigenvalue weighted by Gasteiger charge is 2.25. The molecule has 6 nitrogen and oxygen atoms in total. The van der Waals surface area contributed by atoms with Crippen LogP contribution in [0, 0.1) is 0 Å². The lowest BCUT2D eigenvalue weighted by Crippen LogP contribution is -2.10. The maximum absolute atomic E-state index is 6.95. The normalized spacial score (nSPS) is 11.7. The molecule has 534 valence electrons. The summed E-state index contributed by atoms with van der Waals surface area (Å²) >= 11 is 0. The van der Waals surface area contributed by atoms with Gasteiger partial charge in [0.15, 0.2) is 5.58 Å². The molecule has 0 amide bonds. The van der Waals surface area contributed by atoms with Crippen LogP contribution in [-0.4, -0.2) is 9.13 Å².